The maximum absolute atomic E-state index is 13.2. The Morgan fingerprint density at radius 3 is 2.59 bits per heavy atom. The number of carbonyl (C=O) groups excluding carboxylic acids is 1. The summed E-state index contributed by atoms with van der Waals surface area (Å²) < 4.78 is 46.1. The number of aryl methyl sites for hydroxylation is 2. The summed E-state index contributed by atoms with van der Waals surface area (Å²) in [5.41, 5.74) is 0.514. The molecule has 170 valence electrons. The van der Waals surface area contributed by atoms with Crippen molar-refractivity contribution in [2.24, 2.45) is 5.92 Å². The number of nitrogens with zero attached hydrogens (tertiary/aromatic N) is 3. The van der Waals surface area contributed by atoms with Crippen LogP contribution in [0.3, 0.4) is 0 Å². The normalized spacial score (nSPS) is 15.7. The van der Waals surface area contributed by atoms with Crippen molar-refractivity contribution in [3.63, 3.8) is 0 Å². The highest BCUT2D eigenvalue weighted by molar-refractivity contribution is 7.89. The van der Waals surface area contributed by atoms with Crippen molar-refractivity contribution < 1.29 is 22.1 Å². The molecule has 0 atom stereocenters. The zero-order valence-electron chi connectivity index (χ0n) is 17.7. The molecule has 1 aliphatic rings. The van der Waals surface area contributed by atoms with Gasteiger partial charge in [0.25, 0.3) is 0 Å². The van der Waals surface area contributed by atoms with Gasteiger partial charge >= 0.3 is 0 Å². The Balaban J connectivity index is 1.42. The van der Waals surface area contributed by atoms with E-state index in [1.807, 2.05) is 6.92 Å². The third-order valence-electron chi connectivity index (χ3n) is 5.42. The molecule has 1 fully saturated rings. The van der Waals surface area contributed by atoms with Crippen LogP contribution in [0.25, 0.3) is 10.7 Å². The fraction of sp³-hybridized carbons (Fsp3) is 0.381. The third-order valence-corrected chi connectivity index (χ3v) is 8.62. The zero-order chi connectivity index (χ0) is 22.9. The summed E-state index contributed by atoms with van der Waals surface area (Å²) in [6.45, 7) is 4.15. The van der Waals surface area contributed by atoms with Gasteiger partial charge in [-0.2, -0.15) is 9.29 Å². The van der Waals surface area contributed by atoms with E-state index in [2.05, 4.69) is 15.5 Å². The molecule has 0 spiro atoms. The van der Waals surface area contributed by atoms with Crippen LogP contribution in [0.2, 0.25) is 0 Å². The number of sulfonamides is 1. The van der Waals surface area contributed by atoms with Gasteiger partial charge in [0.05, 0.1) is 9.77 Å². The molecule has 3 aromatic rings. The zero-order valence-corrected chi connectivity index (χ0v) is 19.3. The first-order chi connectivity index (χ1) is 15.3. The SMILES string of the molecule is CCc1nc(-c2cc(S(=O)(=O)N3CCC(C(=O)Nc4ccc(F)cc4)CC3)c(C)s2)no1. The number of rotatable bonds is 6. The van der Waals surface area contributed by atoms with Crippen molar-refractivity contribution in [1.82, 2.24) is 14.4 Å². The van der Waals surface area contributed by atoms with Crippen molar-refractivity contribution in [3.05, 3.63) is 46.9 Å². The molecule has 0 aliphatic carbocycles. The van der Waals surface area contributed by atoms with Gasteiger partial charge in [-0.15, -0.1) is 11.3 Å². The number of hydrogen-bond acceptors (Lipinski definition) is 7. The highest BCUT2D eigenvalue weighted by Gasteiger charge is 2.34. The van der Waals surface area contributed by atoms with Gasteiger partial charge in [-0.1, -0.05) is 12.1 Å². The molecule has 1 aliphatic heterocycles. The van der Waals surface area contributed by atoms with E-state index < -0.39 is 10.0 Å². The molecule has 0 saturated carbocycles. The fourth-order valence-corrected chi connectivity index (χ4v) is 6.56. The molecule has 1 saturated heterocycles. The summed E-state index contributed by atoms with van der Waals surface area (Å²) in [6.07, 6.45) is 1.42. The summed E-state index contributed by atoms with van der Waals surface area (Å²) >= 11 is 1.31. The Bertz CT molecular complexity index is 1210. The summed E-state index contributed by atoms with van der Waals surface area (Å²) in [6, 6.07) is 7.14. The number of carbonyl (C=O) groups is 1. The van der Waals surface area contributed by atoms with Crippen molar-refractivity contribution in [1.29, 1.82) is 0 Å². The molecule has 2 aromatic heterocycles. The first-order valence-corrected chi connectivity index (χ1v) is 12.5. The Morgan fingerprint density at radius 1 is 1.28 bits per heavy atom. The van der Waals surface area contributed by atoms with Gasteiger partial charge < -0.3 is 9.84 Å². The van der Waals surface area contributed by atoms with Crippen LogP contribution in [0, 0.1) is 18.7 Å². The molecule has 8 nitrogen and oxygen atoms in total. The Kier molecular flexibility index (Phi) is 6.40. The van der Waals surface area contributed by atoms with Crippen molar-refractivity contribution in [2.75, 3.05) is 18.4 Å². The molecular formula is C21H23FN4O4S2. The predicted octanol–water partition coefficient (Wildman–Crippen LogP) is 3.85. The number of anilines is 1. The van der Waals surface area contributed by atoms with Gasteiger partial charge in [0.1, 0.15) is 5.82 Å². The number of benzene rings is 1. The molecule has 11 heteroatoms. The highest BCUT2D eigenvalue weighted by Crippen LogP contribution is 2.35. The second-order valence-corrected chi connectivity index (χ2v) is 10.7. The number of amides is 1. The van der Waals surface area contributed by atoms with Crippen molar-refractivity contribution >= 4 is 33.0 Å². The predicted molar refractivity (Wildman–Crippen MR) is 118 cm³/mol. The summed E-state index contributed by atoms with van der Waals surface area (Å²) in [5, 5.41) is 6.69. The number of nitrogens with one attached hydrogen (secondary N) is 1. The van der Waals surface area contributed by atoms with Gasteiger partial charge in [0, 0.05) is 36.0 Å². The van der Waals surface area contributed by atoms with Crippen LogP contribution in [0.15, 0.2) is 39.8 Å². The summed E-state index contributed by atoms with van der Waals surface area (Å²) in [7, 11) is -3.71. The number of aromatic nitrogens is 2. The van der Waals surface area contributed by atoms with Crippen LogP contribution < -0.4 is 5.32 Å². The van der Waals surface area contributed by atoms with Crippen molar-refractivity contribution in [2.45, 2.75) is 38.0 Å². The molecule has 1 amide bonds. The molecular weight excluding hydrogens is 455 g/mol. The monoisotopic (exact) mass is 478 g/mol. The first-order valence-electron chi connectivity index (χ1n) is 10.3. The molecule has 4 rings (SSSR count). The van der Waals surface area contributed by atoms with Crippen LogP contribution in [-0.2, 0) is 21.2 Å². The van der Waals surface area contributed by atoms with Gasteiger partial charge in [0.15, 0.2) is 0 Å². The lowest BCUT2D eigenvalue weighted by Crippen LogP contribution is -2.41. The lowest BCUT2D eigenvalue weighted by Gasteiger charge is -2.30. The molecule has 1 aromatic carbocycles. The lowest BCUT2D eigenvalue weighted by molar-refractivity contribution is -0.120. The molecule has 0 bridgehead atoms. The second kappa shape index (κ2) is 9.08. The second-order valence-electron chi connectivity index (χ2n) is 7.57. The van der Waals surface area contributed by atoms with Crippen LogP contribution in [-0.4, -0.2) is 41.9 Å². The molecule has 0 unspecified atom stereocenters. The molecule has 0 radical (unpaired) electrons. The number of hydrogen-bond donors (Lipinski definition) is 1. The van der Waals surface area contributed by atoms with Gasteiger partial charge in [0.2, 0.25) is 27.6 Å². The fourth-order valence-electron chi connectivity index (χ4n) is 3.61. The minimum atomic E-state index is -3.71. The van der Waals surface area contributed by atoms with E-state index in [9.17, 15) is 17.6 Å². The van der Waals surface area contributed by atoms with Gasteiger partial charge in [-0.05, 0) is 50.1 Å². The van der Waals surface area contributed by atoms with E-state index >= 15 is 0 Å². The number of piperidine rings is 1. The van der Waals surface area contributed by atoms with Crippen molar-refractivity contribution in [3.8, 4) is 10.7 Å². The summed E-state index contributed by atoms with van der Waals surface area (Å²) in [4.78, 5) is 18.3. The third kappa shape index (κ3) is 4.59. The van der Waals surface area contributed by atoms with E-state index in [0.29, 0.717) is 46.4 Å². The largest absolute Gasteiger partial charge is 0.339 e. The Labute approximate surface area is 189 Å². The van der Waals surface area contributed by atoms with E-state index in [1.165, 1.54) is 39.9 Å². The lowest BCUT2D eigenvalue weighted by atomic mass is 9.97. The van der Waals surface area contributed by atoms with Crippen LogP contribution in [0.1, 0.15) is 30.5 Å². The van der Waals surface area contributed by atoms with Crippen LogP contribution in [0.5, 0.6) is 0 Å². The van der Waals surface area contributed by atoms with E-state index in [0.717, 1.165) is 0 Å². The number of thiophene rings is 1. The number of halogens is 1. The molecule has 1 N–H and O–H groups in total. The van der Waals surface area contributed by atoms with E-state index in [1.54, 1.807) is 13.0 Å². The maximum Gasteiger partial charge on any atom is 0.244 e. The minimum Gasteiger partial charge on any atom is -0.339 e. The topological polar surface area (TPSA) is 105 Å². The Morgan fingerprint density at radius 2 is 1.97 bits per heavy atom. The molecule has 32 heavy (non-hydrogen) atoms. The quantitative estimate of drug-likeness (QED) is 0.577. The van der Waals surface area contributed by atoms with Gasteiger partial charge in [-0.3, -0.25) is 4.79 Å². The van der Waals surface area contributed by atoms with Crippen LogP contribution in [0.4, 0.5) is 10.1 Å². The Hall–Kier alpha value is -2.63. The van der Waals surface area contributed by atoms with E-state index in [-0.39, 0.29) is 35.6 Å². The first kappa shape index (κ1) is 22.6. The average Bonchev–Trinajstić information content (AvgIpc) is 3.42. The van der Waals surface area contributed by atoms with Gasteiger partial charge in [-0.25, -0.2) is 12.8 Å². The highest BCUT2D eigenvalue weighted by atomic mass is 32.2. The maximum atomic E-state index is 13.2. The molecule has 3 heterocycles. The van der Waals surface area contributed by atoms with E-state index in [4.69, 9.17) is 4.52 Å². The smallest absolute Gasteiger partial charge is 0.244 e. The summed E-state index contributed by atoms with van der Waals surface area (Å²) in [5.74, 6) is 0.00599. The average molecular weight is 479 g/mol. The minimum absolute atomic E-state index is 0.188. The standard InChI is InChI=1S/C21H23FN4O4S2/c1-3-19-24-20(25-30-19)17-12-18(13(2)31-17)32(28,29)26-10-8-14(9-11-26)21(27)23-16-6-4-15(22)5-7-16/h4-7,12,14H,3,8-11H2,1-2H3,(H,23,27). The van der Waals surface area contributed by atoms with Crippen LogP contribution >= 0.6 is 11.3 Å².